The van der Waals surface area contributed by atoms with Gasteiger partial charge in [0.2, 0.25) is 0 Å². The molecule has 0 aliphatic rings. The third-order valence-electron chi connectivity index (χ3n) is 2.61. The van der Waals surface area contributed by atoms with Crippen LogP contribution in [0.1, 0.15) is 23.7 Å². The van der Waals surface area contributed by atoms with E-state index in [-0.39, 0.29) is 5.92 Å². The summed E-state index contributed by atoms with van der Waals surface area (Å²) in [5, 5.41) is 8.82. The SMILES string of the molecule is N#CC[C@H](Cc1ccccc1)c1ccco1. The van der Waals surface area contributed by atoms with Crippen LogP contribution in [0.15, 0.2) is 53.1 Å². The summed E-state index contributed by atoms with van der Waals surface area (Å²) in [6.07, 6.45) is 3.00. The van der Waals surface area contributed by atoms with Gasteiger partial charge in [0.25, 0.3) is 0 Å². The van der Waals surface area contributed by atoms with Gasteiger partial charge in [-0.1, -0.05) is 30.3 Å². The van der Waals surface area contributed by atoms with Gasteiger partial charge in [0, 0.05) is 12.3 Å². The van der Waals surface area contributed by atoms with Crippen molar-refractivity contribution in [2.45, 2.75) is 18.8 Å². The monoisotopic (exact) mass is 211 g/mol. The first-order valence-corrected chi connectivity index (χ1v) is 5.34. The molecular formula is C14H13NO. The normalized spacial score (nSPS) is 11.9. The third-order valence-corrected chi connectivity index (χ3v) is 2.61. The van der Waals surface area contributed by atoms with Crippen molar-refractivity contribution in [3.8, 4) is 6.07 Å². The van der Waals surface area contributed by atoms with Gasteiger partial charge in [-0.15, -0.1) is 0 Å². The predicted octanol–water partition coefficient (Wildman–Crippen LogP) is 3.52. The van der Waals surface area contributed by atoms with Crippen LogP contribution in [-0.4, -0.2) is 0 Å². The van der Waals surface area contributed by atoms with Gasteiger partial charge >= 0.3 is 0 Å². The summed E-state index contributed by atoms with van der Waals surface area (Å²) in [6.45, 7) is 0. The number of hydrogen-bond acceptors (Lipinski definition) is 2. The molecule has 1 atom stereocenters. The summed E-state index contributed by atoms with van der Waals surface area (Å²) in [6, 6.07) is 16.2. The highest BCUT2D eigenvalue weighted by molar-refractivity contribution is 5.19. The molecule has 0 spiro atoms. The highest BCUT2D eigenvalue weighted by Gasteiger charge is 2.14. The van der Waals surface area contributed by atoms with Gasteiger partial charge in [-0.3, -0.25) is 0 Å². The average Bonchev–Trinajstić information content (AvgIpc) is 2.83. The molecule has 0 saturated carbocycles. The van der Waals surface area contributed by atoms with Crippen LogP contribution in [-0.2, 0) is 6.42 Å². The van der Waals surface area contributed by atoms with E-state index < -0.39 is 0 Å². The van der Waals surface area contributed by atoms with E-state index in [1.54, 1.807) is 6.26 Å². The Hall–Kier alpha value is -2.01. The largest absolute Gasteiger partial charge is 0.469 e. The minimum Gasteiger partial charge on any atom is -0.469 e. The molecule has 0 saturated heterocycles. The van der Waals surface area contributed by atoms with Crippen LogP contribution in [0.4, 0.5) is 0 Å². The molecule has 2 aromatic rings. The first-order valence-electron chi connectivity index (χ1n) is 5.34. The lowest BCUT2D eigenvalue weighted by Gasteiger charge is -2.10. The Balaban J connectivity index is 2.13. The van der Waals surface area contributed by atoms with Gasteiger partial charge in [0.1, 0.15) is 5.76 Å². The predicted molar refractivity (Wildman–Crippen MR) is 61.8 cm³/mol. The Morgan fingerprint density at radius 2 is 1.94 bits per heavy atom. The molecular weight excluding hydrogens is 198 g/mol. The molecule has 16 heavy (non-hydrogen) atoms. The number of hydrogen-bond donors (Lipinski definition) is 0. The maximum atomic E-state index is 8.82. The smallest absolute Gasteiger partial charge is 0.108 e. The van der Waals surface area contributed by atoms with Gasteiger partial charge in [-0.2, -0.15) is 5.26 Å². The van der Waals surface area contributed by atoms with Crippen LogP contribution in [0.3, 0.4) is 0 Å². The Labute approximate surface area is 95.1 Å². The van der Waals surface area contributed by atoms with Gasteiger partial charge in [-0.25, -0.2) is 0 Å². The quantitative estimate of drug-likeness (QED) is 0.775. The van der Waals surface area contributed by atoms with Crippen molar-refractivity contribution in [1.29, 1.82) is 5.26 Å². The van der Waals surface area contributed by atoms with Crippen molar-refractivity contribution in [2.75, 3.05) is 0 Å². The van der Waals surface area contributed by atoms with Crippen LogP contribution in [0.25, 0.3) is 0 Å². The zero-order valence-electron chi connectivity index (χ0n) is 8.97. The second kappa shape index (κ2) is 5.18. The molecule has 1 heterocycles. The van der Waals surface area contributed by atoms with Gasteiger partial charge in [-0.05, 0) is 24.1 Å². The second-order valence-electron chi connectivity index (χ2n) is 3.76. The Morgan fingerprint density at radius 1 is 1.12 bits per heavy atom. The topological polar surface area (TPSA) is 36.9 Å². The van der Waals surface area contributed by atoms with E-state index in [0.717, 1.165) is 12.2 Å². The molecule has 0 radical (unpaired) electrons. The molecule has 2 rings (SSSR count). The number of benzene rings is 1. The van der Waals surface area contributed by atoms with Crippen molar-refractivity contribution in [3.63, 3.8) is 0 Å². The number of furan rings is 1. The van der Waals surface area contributed by atoms with Gasteiger partial charge in [0.15, 0.2) is 0 Å². The molecule has 80 valence electrons. The van der Waals surface area contributed by atoms with Crippen LogP contribution < -0.4 is 0 Å². The maximum Gasteiger partial charge on any atom is 0.108 e. The van der Waals surface area contributed by atoms with Crippen molar-refractivity contribution < 1.29 is 4.42 Å². The fraction of sp³-hybridized carbons (Fsp3) is 0.214. The molecule has 2 heteroatoms. The standard InChI is InChI=1S/C14H13NO/c15-9-8-13(14-7-4-10-16-14)11-12-5-2-1-3-6-12/h1-7,10,13H,8,11H2/t13-/m1/s1. The van der Waals surface area contributed by atoms with E-state index in [2.05, 4.69) is 18.2 Å². The summed E-state index contributed by atoms with van der Waals surface area (Å²) in [7, 11) is 0. The summed E-state index contributed by atoms with van der Waals surface area (Å²) >= 11 is 0. The molecule has 0 fully saturated rings. The lowest BCUT2D eigenvalue weighted by Crippen LogP contribution is -2.00. The molecule has 0 aliphatic carbocycles. The van der Waals surface area contributed by atoms with Crippen molar-refractivity contribution in [1.82, 2.24) is 0 Å². The Kier molecular flexibility index (Phi) is 3.40. The molecule has 1 aromatic heterocycles. The first kappa shape index (κ1) is 10.5. The van der Waals surface area contributed by atoms with Crippen LogP contribution in [0.5, 0.6) is 0 Å². The molecule has 0 amide bonds. The van der Waals surface area contributed by atoms with E-state index in [4.69, 9.17) is 9.68 Å². The van der Waals surface area contributed by atoms with E-state index in [0.29, 0.717) is 6.42 Å². The Bertz CT molecular complexity index is 453. The minimum atomic E-state index is 0.155. The number of nitrogens with zero attached hydrogens (tertiary/aromatic N) is 1. The summed E-state index contributed by atoms with van der Waals surface area (Å²) in [5.41, 5.74) is 1.24. The zero-order valence-corrected chi connectivity index (χ0v) is 8.97. The zero-order chi connectivity index (χ0) is 11.2. The lowest BCUT2D eigenvalue weighted by atomic mass is 9.94. The van der Waals surface area contributed by atoms with Crippen LogP contribution in [0.2, 0.25) is 0 Å². The van der Waals surface area contributed by atoms with Crippen LogP contribution in [0, 0.1) is 11.3 Å². The highest BCUT2D eigenvalue weighted by atomic mass is 16.3. The summed E-state index contributed by atoms with van der Waals surface area (Å²) in [4.78, 5) is 0. The van der Waals surface area contributed by atoms with E-state index in [9.17, 15) is 0 Å². The average molecular weight is 211 g/mol. The van der Waals surface area contributed by atoms with Gasteiger partial charge in [0.05, 0.1) is 12.3 Å². The number of rotatable bonds is 4. The van der Waals surface area contributed by atoms with Crippen molar-refractivity contribution >= 4 is 0 Å². The fourth-order valence-corrected chi connectivity index (χ4v) is 1.81. The van der Waals surface area contributed by atoms with E-state index in [1.165, 1.54) is 5.56 Å². The van der Waals surface area contributed by atoms with E-state index in [1.807, 2.05) is 30.3 Å². The second-order valence-corrected chi connectivity index (χ2v) is 3.76. The van der Waals surface area contributed by atoms with Crippen molar-refractivity contribution in [3.05, 3.63) is 60.1 Å². The van der Waals surface area contributed by atoms with Crippen LogP contribution >= 0.6 is 0 Å². The fourth-order valence-electron chi connectivity index (χ4n) is 1.81. The molecule has 0 bridgehead atoms. The van der Waals surface area contributed by atoms with E-state index >= 15 is 0 Å². The first-order chi connectivity index (χ1) is 7.90. The van der Waals surface area contributed by atoms with Gasteiger partial charge < -0.3 is 4.42 Å². The molecule has 0 unspecified atom stereocenters. The molecule has 0 aliphatic heterocycles. The summed E-state index contributed by atoms with van der Waals surface area (Å²) < 4.78 is 5.37. The highest BCUT2D eigenvalue weighted by Crippen LogP contribution is 2.24. The minimum absolute atomic E-state index is 0.155. The molecule has 1 aromatic carbocycles. The lowest BCUT2D eigenvalue weighted by molar-refractivity contribution is 0.461. The Morgan fingerprint density at radius 3 is 2.56 bits per heavy atom. The third kappa shape index (κ3) is 2.52. The maximum absolute atomic E-state index is 8.82. The summed E-state index contributed by atoms with van der Waals surface area (Å²) in [5.74, 6) is 1.05. The number of nitriles is 1. The van der Waals surface area contributed by atoms with Crippen molar-refractivity contribution in [2.24, 2.45) is 0 Å². The molecule has 0 N–H and O–H groups in total. The molecule has 2 nitrogen and oxygen atoms in total.